The van der Waals surface area contributed by atoms with E-state index in [0.717, 1.165) is 31.4 Å². The Morgan fingerprint density at radius 2 is 1.95 bits per heavy atom. The summed E-state index contributed by atoms with van der Waals surface area (Å²) in [5.74, 6) is -0.869. The molecule has 3 heterocycles. The molecular formula is C28H41N3O5S. The average molecular weight is 532 g/mol. The van der Waals surface area contributed by atoms with Crippen LogP contribution in [0.4, 0.5) is 5.69 Å². The highest BCUT2D eigenvalue weighted by Crippen LogP contribution is 2.66. The smallest absolute Gasteiger partial charge is 0.244 e. The summed E-state index contributed by atoms with van der Waals surface area (Å²) < 4.78 is 4.84. The van der Waals surface area contributed by atoms with Gasteiger partial charge in [0.25, 0.3) is 0 Å². The number of ether oxygens (including phenoxy) is 1. The third kappa shape index (κ3) is 4.97. The van der Waals surface area contributed by atoms with Crippen LogP contribution >= 0.6 is 11.8 Å². The second-order valence-electron chi connectivity index (χ2n) is 10.5. The number of nitrogens with zero attached hydrogens (tertiary/aromatic N) is 1. The molecule has 1 aromatic rings. The van der Waals surface area contributed by atoms with Crippen LogP contribution in [0.1, 0.15) is 59.8 Å². The molecule has 0 aromatic heterocycles. The molecule has 2 unspecified atom stereocenters. The summed E-state index contributed by atoms with van der Waals surface area (Å²) in [5, 5.41) is 16.4. The van der Waals surface area contributed by atoms with Gasteiger partial charge < -0.3 is 25.4 Å². The summed E-state index contributed by atoms with van der Waals surface area (Å²) in [6.45, 7) is 8.92. The van der Waals surface area contributed by atoms with Crippen LogP contribution in [-0.2, 0) is 14.4 Å². The first-order valence-electron chi connectivity index (χ1n) is 13.7. The number of benzene rings is 1. The van der Waals surface area contributed by atoms with Gasteiger partial charge in [-0.2, -0.15) is 0 Å². The van der Waals surface area contributed by atoms with Crippen LogP contribution in [0.3, 0.4) is 0 Å². The lowest BCUT2D eigenvalue weighted by Crippen LogP contribution is -2.57. The molecule has 2 bridgehead atoms. The van der Waals surface area contributed by atoms with Crippen molar-refractivity contribution in [3.05, 3.63) is 24.3 Å². The summed E-state index contributed by atoms with van der Waals surface area (Å²) >= 11 is 1.65. The minimum absolute atomic E-state index is 0.0130. The van der Waals surface area contributed by atoms with E-state index >= 15 is 0 Å². The first-order chi connectivity index (χ1) is 17.8. The topological polar surface area (TPSA) is 108 Å². The van der Waals surface area contributed by atoms with Gasteiger partial charge in [0, 0.05) is 17.5 Å². The molecule has 1 spiro atoms. The predicted molar refractivity (Wildman–Crippen MR) is 145 cm³/mol. The molecule has 3 aliphatic rings. The van der Waals surface area contributed by atoms with Crippen LogP contribution in [0.5, 0.6) is 5.75 Å². The molecule has 3 N–H and O–H groups in total. The van der Waals surface area contributed by atoms with Crippen LogP contribution in [0, 0.1) is 17.8 Å². The van der Waals surface area contributed by atoms with Gasteiger partial charge in [-0.25, -0.2) is 0 Å². The SMILES string of the molecule is CCCCNC(=O)C1N([C@@H](CO)[C@@H](C)CC)C(=O)[C@@H]2[C@@H](C(=O)Nc3ccc(OCC)cc3)[C@H]3CCC12S3. The number of unbranched alkanes of at least 4 members (excludes halogenated alkanes) is 1. The Morgan fingerprint density at radius 3 is 2.57 bits per heavy atom. The molecule has 4 rings (SSSR count). The van der Waals surface area contributed by atoms with Gasteiger partial charge >= 0.3 is 0 Å². The van der Waals surface area contributed by atoms with Gasteiger partial charge in [-0.15, -0.1) is 11.8 Å². The Kier molecular flexibility index (Phi) is 8.74. The molecule has 37 heavy (non-hydrogen) atoms. The molecule has 3 saturated heterocycles. The van der Waals surface area contributed by atoms with Gasteiger partial charge in [0.2, 0.25) is 17.7 Å². The van der Waals surface area contributed by atoms with Gasteiger partial charge in [-0.05, 0) is 56.4 Å². The number of carbonyl (C=O) groups is 3. The van der Waals surface area contributed by atoms with Crippen molar-refractivity contribution in [1.29, 1.82) is 0 Å². The fraction of sp³-hybridized carbons (Fsp3) is 0.679. The standard InChI is InChI=1S/C28H41N3O5S/c1-5-8-15-29-26(34)24-28-14-13-21(37-28)22(23(28)27(35)31(24)20(16-32)17(4)6-2)25(33)30-18-9-11-19(12-10-18)36-7-3/h9-12,17,20-24,32H,5-8,13-16H2,1-4H3,(H,29,34)(H,30,33)/t17-,20-,21+,22-,23-,24?,28?/m0/s1. The summed E-state index contributed by atoms with van der Waals surface area (Å²) in [6, 6.07) is 6.08. The van der Waals surface area contributed by atoms with Crippen molar-refractivity contribution in [2.75, 3.05) is 25.1 Å². The highest BCUT2D eigenvalue weighted by molar-refractivity contribution is 8.02. The molecule has 3 fully saturated rings. The van der Waals surface area contributed by atoms with Crippen LogP contribution in [0.2, 0.25) is 0 Å². The van der Waals surface area contributed by atoms with Gasteiger partial charge in [-0.1, -0.05) is 33.6 Å². The number of amides is 3. The van der Waals surface area contributed by atoms with E-state index in [1.807, 2.05) is 32.9 Å². The van der Waals surface area contributed by atoms with Crippen LogP contribution in [-0.4, -0.2) is 69.6 Å². The Bertz CT molecular complexity index is 989. The second-order valence-corrected chi connectivity index (χ2v) is 12.1. The van der Waals surface area contributed by atoms with Crippen molar-refractivity contribution >= 4 is 35.2 Å². The number of carbonyl (C=O) groups excluding carboxylic acids is 3. The van der Waals surface area contributed by atoms with E-state index in [4.69, 9.17) is 4.74 Å². The third-order valence-corrected chi connectivity index (χ3v) is 10.3. The highest BCUT2D eigenvalue weighted by Gasteiger charge is 2.74. The second kappa shape index (κ2) is 11.6. The van der Waals surface area contributed by atoms with E-state index in [-0.39, 0.29) is 35.5 Å². The van der Waals surface area contributed by atoms with Crippen molar-refractivity contribution in [3.8, 4) is 5.75 Å². The summed E-state index contributed by atoms with van der Waals surface area (Å²) in [4.78, 5) is 43.1. The van der Waals surface area contributed by atoms with E-state index in [1.165, 1.54) is 0 Å². The minimum Gasteiger partial charge on any atom is -0.494 e. The monoisotopic (exact) mass is 531 g/mol. The van der Waals surface area contributed by atoms with Gasteiger partial charge in [0.15, 0.2) is 0 Å². The lowest BCUT2D eigenvalue weighted by molar-refractivity contribution is -0.143. The van der Waals surface area contributed by atoms with Gasteiger partial charge in [0.05, 0.1) is 35.8 Å². The number of aliphatic hydroxyl groups excluding tert-OH is 1. The molecule has 1 aromatic carbocycles. The first-order valence-corrected chi connectivity index (χ1v) is 14.6. The van der Waals surface area contributed by atoms with Crippen molar-refractivity contribution in [1.82, 2.24) is 10.2 Å². The number of thioether (sulfide) groups is 1. The number of fused-ring (bicyclic) bond motifs is 1. The van der Waals surface area contributed by atoms with Crippen molar-refractivity contribution < 1.29 is 24.2 Å². The highest BCUT2D eigenvalue weighted by atomic mass is 32.2. The Hall–Kier alpha value is -2.26. The zero-order valence-electron chi connectivity index (χ0n) is 22.4. The van der Waals surface area contributed by atoms with E-state index in [1.54, 1.807) is 28.8 Å². The molecule has 0 aliphatic carbocycles. The van der Waals surface area contributed by atoms with Crippen LogP contribution in [0.15, 0.2) is 24.3 Å². The number of hydrogen-bond acceptors (Lipinski definition) is 6. The third-order valence-electron chi connectivity index (χ3n) is 8.40. The normalized spacial score (nSPS) is 29.6. The molecule has 7 atom stereocenters. The average Bonchev–Trinajstić information content (AvgIpc) is 3.53. The molecule has 204 valence electrons. The van der Waals surface area contributed by atoms with E-state index in [2.05, 4.69) is 17.6 Å². The van der Waals surface area contributed by atoms with E-state index < -0.39 is 28.7 Å². The maximum Gasteiger partial charge on any atom is 0.244 e. The lowest BCUT2D eigenvalue weighted by atomic mass is 9.70. The molecule has 3 aliphatic heterocycles. The molecule has 3 amide bonds. The number of aliphatic hydroxyl groups is 1. The summed E-state index contributed by atoms with van der Waals surface area (Å²) in [5.41, 5.74) is 0.652. The minimum atomic E-state index is -0.689. The summed E-state index contributed by atoms with van der Waals surface area (Å²) in [7, 11) is 0. The van der Waals surface area contributed by atoms with Crippen LogP contribution in [0.25, 0.3) is 0 Å². The number of likely N-dealkylation sites (tertiary alicyclic amines) is 1. The predicted octanol–water partition coefficient (Wildman–Crippen LogP) is 3.44. The zero-order valence-corrected chi connectivity index (χ0v) is 23.2. The lowest BCUT2D eigenvalue weighted by Gasteiger charge is -2.39. The fourth-order valence-corrected chi connectivity index (χ4v) is 8.58. The van der Waals surface area contributed by atoms with E-state index in [0.29, 0.717) is 25.3 Å². The van der Waals surface area contributed by atoms with Gasteiger partial charge in [0.1, 0.15) is 11.8 Å². The van der Waals surface area contributed by atoms with Gasteiger partial charge in [-0.3, -0.25) is 14.4 Å². The molecule has 0 saturated carbocycles. The Labute approximate surface area is 224 Å². The number of nitrogens with one attached hydrogen (secondary N) is 2. The van der Waals surface area contributed by atoms with Crippen molar-refractivity contribution in [3.63, 3.8) is 0 Å². The molecule has 0 radical (unpaired) electrons. The molecule has 8 nitrogen and oxygen atoms in total. The van der Waals surface area contributed by atoms with Crippen LogP contribution < -0.4 is 15.4 Å². The van der Waals surface area contributed by atoms with E-state index in [9.17, 15) is 19.5 Å². The zero-order chi connectivity index (χ0) is 26.7. The number of anilines is 1. The fourth-order valence-electron chi connectivity index (χ4n) is 6.37. The quantitative estimate of drug-likeness (QED) is 0.357. The Morgan fingerprint density at radius 1 is 1.22 bits per heavy atom. The van der Waals surface area contributed by atoms with Crippen molar-refractivity contribution in [2.24, 2.45) is 17.8 Å². The number of rotatable bonds is 12. The largest absolute Gasteiger partial charge is 0.494 e. The molecule has 9 heteroatoms. The summed E-state index contributed by atoms with van der Waals surface area (Å²) in [6.07, 6.45) is 4.09. The Balaban J connectivity index is 1.64. The molecular weight excluding hydrogens is 490 g/mol. The maximum atomic E-state index is 14.1. The number of hydrogen-bond donors (Lipinski definition) is 3. The first kappa shape index (κ1) is 27.8. The van der Waals surface area contributed by atoms with Crippen molar-refractivity contribution in [2.45, 2.75) is 81.9 Å². The maximum absolute atomic E-state index is 14.1.